The number of hydrogen-bond donors (Lipinski definition) is 2. The second-order valence-electron chi connectivity index (χ2n) is 9.14. The zero-order valence-electron chi connectivity index (χ0n) is 17.4. The monoisotopic (exact) mass is 401 g/mol. The van der Waals surface area contributed by atoms with Crippen LogP contribution < -0.4 is 15.4 Å². The molecule has 2 aromatic carbocycles. The molecule has 0 aliphatic carbocycles. The van der Waals surface area contributed by atoms with E-state index in [4.69, 9.17) is 10.5 Å². The van der Waals surface area contributed by atoms with Gasteiger partial charge in [0.2, 0.25) is 11.8 Å². The van der Waals surface area contributed by atoms with Gasteiger partial charge in [-0.15, -0.1) is 0 Å². The zero-order valence-corrected chi connectivity index (χ0v) is 17.4. The summed E-state index contributed by atoms with van der Waals surface area (Å²) in [6.07, 6.45) is 0.810. The van der Waals surface area contributed by atoms with Crippen molar-refractivity contribution in [1.82, 2.24) is 0 Å². The molecule has 3 heterocycles. The normalized spacial score (nSPS) is 25.6. The number of nitrogens with two attached hydrogens (primary N) is 1. The Morgan fingerprint density at radius 1 is 1.30 bits per heavy atom. The van der Waals surface area contributed by atoms with Crippen molar-refractivity contribution in [3.8, 4) is 17.6 Å². The number of aromatic hydroxyl groups is 1. The number of amides is 1. The van der Waals surface area contributed by atoms with E-state index in [1.54, 1.807) is 6.07 Å². The quantitative estimate of drug-likeness (QED) is 0.701. The minimum absolute atomic E-state index is 0.00312. The fraction of sp³-hybridized carbons (Fsp3) is 0.333. The predicted octanol–water partition coefficient (Wildman–Crippen LogP) is 3.71. The van der Waals surface area contributed by atoms with E-state index in [0.717, 1.165) is 28.8 Å². The molecule has 5 rings (SSSR count). The minimum atomic E-state index is -1.39. The Labute approximate surface area is 175 Å². The van der Waals surface area contributed by atoms with E-state index in [0.29, 0.717) is 11.3 Å². The number of phenols is 1. The Balaban J connectivity index is 1.99. The number of phenolic OH excluding ortho intramolecular Hbond substituents is 1. The second-order valence-corrected chi connectivity index (χ2v) is 9.14. The molecule has 6 nitrogen and oxygen atoms in total. The van der Waals surface area contributed by atoms with E-state index in [-0.39, 0.29) is 29.0 Å². The van der Waals surface area contributed by atoms with Gasteiger partial charge in [0.15, 0.2) is 0 Å². The van der Waals surface area contributed by atoms with Crippen LogP contribution in [0.25, 0.3) is 0 Å². The van der Waals surface area contributed by atoms with E-state index in [9.17, 15) is 15.2 Å². The number of carbonyl (C=O) groups is 1. The van der Waals surface area contributed by atoms with Crippen molar-refractivity contribution in [3.63, 3.8) is 0 Å². The molecule has 0 aromatic heterocycles. The fourth-order valence-electron chi connectivity index (χ4n) is 5.74. The molecule has 1 amide bonds. The number of nitrogens with zero attached hydrogens (tertiary/aromatic N) is 2. The molecule has 30 heavy (non-hydrogen) atoms. The summed E-state index contributed by atoms with van der Waals surface area (Å²) in [6.45, 7) is 8.25. The summed E-state index contributed by atoms with van der Waals surface area (Å²) in [5, 5.41) is 20.2. The van der Waals surface area contributed by atoms with Crippen LogP contribution in [0.4, 0.5) is 5.69 Å². The lowest BCUT2D eigenvalue weighted by Crippen LogP contribution is -2.54. The topological polar surface area (TPSA) is 99.6 Å². The number of nitriles is 1. The van der Waals surface area contributed by atoms with E-state index in [1.807, 2.05) is 17.9 Å². The Morgan fingerprint density at radius 3 is 2.73 bits per heavy atom. The van der Waals surface area contributed by atoms with Gasteiger partial charge in [0.25, 0.3) is 0 Å². The molecule has 3 aliphatic rings. The third kappa shape index (κ3) is 1.95. The number of ether oxygens (including phenoxy) is 1. The molecule has 0 fully saturated rings. The molecule has 3 aliphatic heterocycles. The smallest absolute Gasteiger partial charge is 0.248 e. The lowest BCUT2D eigenvalue weighted by molar-refractivity contribution is -0.122. The van der Waals surface area contributed by atoms with E-state index in [2.05, 4.69) is 32.9 Å². The van der Waals surface area contributed by atoms with Crippen molar-refractivity contribution in [3.05, 3.63) is 64.0 Å². The lowest BCUT2D eigenvalue weighted by atomic mass is 9.67. The molecule has 1 spiro atoms. The highest BCUT2D eigenvalue weighted by Gasteiger charge is 2.63. The van der Waals surface area contributed by atoms with Gasteiger partial charge in [-0.2, -0.15) is 5.26 Å². The third-order valence-corrected chi connectivity index (χ3v) is 6.80. The number of carbonyl (C=O) groups excluding carboxylic acids is 1. The highest BCUT2D eigenvalue weighted by molar-refractivity contribution is 6.16. The maximum absolute atomic E-state index is 14.4. The molecule has 0 saturated carbocycles. The van der Waals surface area contributed by atoms with E-state index >= 15 is 0 Å². The fourth-order valence-corrected chi connectivity index (χ4v) is 5.74. The van der Waals surface area contributed by atoms with Gasteiger partial charge in [0.05, 0.1) is 5.69 Å². The van der Waals surface area contributed by atoms with Crippen molar-refractivity contribution in [2.24, 2.45) is 5.73 Å². The van der Waals surface area contributed by atoms with Crippen molar-refractivity contribution in [2.45, 2.75) is 51.0 Å². The van der Waals surface area contributed by atoms with Gasteiger partial charge in [-0.3, -0.25) is 4.79 Å². The average molecular weight is 401 g/mol. The summed E-state index contributed by atoms with van der Waals surface area (Å²) < 4.78 is 5.70. The summed E-state index contributed by atoms with van der Waals surface area (Å²) in [5.41, 5.74) is 8.69. The number of fused-ring (bicyclic) bond motifs is 3. The number of rotatable bonds is 0. The van der Waals surface area contributed by atoms with Gasteiger partial charge < -0.3 is 20.5 Å². The van der Waals surface area contributed by atoms with Crippen molar-refractivity contribution in [1.29, 1.82) is 5.26 Å². The van der Waals surface area contributed by atoms with Gasteiger partial charge in [-0.25, -0.2) is 0 Å². The molecular formula is C24H23N3O3. The van der Waals surface area contributed by atoms with Crippen LogP contribution in [0.1, 0.15) is 55.4 Å². The Hall–Kier alpha value is -3.46. The first kappa shape index (κ1) is 18.6. The van der Waals surface area contributed by atoms with Gasteiger partial charge >= 0.3 is 0 Å². The van der Waals surface area contributed by atoms with Crippen LogP contribution in [0.15, 0.2) is 41.8 Å². The summed E-state index contributed by atoms with van der Waals surface area (Å²) >= 11 is 0. The number of aryl methyl sites for hydroxylation is 1. The van der Waals surface area contributed by atoms with Crippen LogP contribution >= 0.6 is 0 Å². The first-order valence-corrected chi connectivity index (χ1v) is 10.0. The van der Waals surface area contributed by atoms with E-state index < -0.39 is 11.0 Å². The molecule has 6 heteroatoms. The highest BCUT2D eigenvalue weighted by Crippen LogP contribution is 2.61. The molecular weight excluding hydrogens is 378 g/mol. The van der Waals surface area contributed by atoms with Crippen LogP contribution in [0, 0.1) is 18.3 Å². The lowest BCUT2D eigenvalue weighted by Gasteiger charge is -2.44. The van der Waals surface area contributed by atoms with Crippen LogP contribution in [-0.4, -0.2) is 16.6 Å². The summed E-state index contributed by atoms with van der Waals surface area (Å²) in [5.74, 6) is 0.261. The first-order chi connectivity index (χ1) is 14.1. The van der Waals surface area contributed by atoms with Gasteiger partial charge in [0.1, 0.15) is 28.6 Å². The Kier molecular flexibility index (Phi) is 3.45. The summed E-state index contributed by atoms with van der Waals surface area (Å²) in [4.78, 5) is 16.2. The SMILES string of the molecule is Cc1ccc2c3c1[C@]1(C(=O)N3C(C)(C)C[C@@H]2C)C(C#N)=C(N)Oc2cc(O)ccc21. The van der Waals surface area contributed by atoms with Crippen molar-refractivity contribution in [2.75, 3.05) is 4.90 Å². The average Bonchev–Trinajstić information content (AvgIpc) is 2.92. The second kappa shape index (κ2) is 5.57. The van der Waals surface area contributed by atoms with E-state index in [1.165, 1.54) is 12.1 Å². The summed E-state index contributed by atoms with van der Waals surface area (Å²) in [6, 6.07) is 10.9. The zero-order chi connectivity index (χ0) is 21.6. The molecule has 0 bridgehead atoms. The third-order valence-electron chi connectivity index (χ3n) is 6.80. The number of hydrogen-bond acceptors (Lipinski definition) is 5. The van der Waals surface area contributed by atoms with Gasteiger partial charge in [-0.1, -0.05) is 19.1 Å². The van der Waals surface area contributed by atoms with Crippen LogP contribution in [-0.2, 0) is 10.2 Å². The van der Waals surface area contributed by atoms with Crippen LogP contribution in [0.3, 0.4) is 0 Å². The molecule has 2 atom stereocenters. The van der Waals surface area contributed by atoms with Crippen LogP contribution in [0.5, 0.6) is 11.5 Å². The Bertz CT molecular complexity index is 1220. The largest absolute Gasteiger partial charge is 0.508 e. The van der Waals surface area contributed by atoms with Crippen LogP contribution in [0.2, 0.25) is 0 Å². The summed E-state index contributed by atoms with van der Waals surface area (Å²) in [7, 11) is 0. The molecule has 0 radical (unpaired) electrons. The van der Waals surface area contributed by atoms with Crippen molar-refractivity contribution >= 4 is 11.6 Å². The van der Waals surface area contributed by atoms with Gasteiger partial charge in [0, 0.05) is 22.7 Å². The van der Waals surface area contributed by atoms with Gasteiger partial charge in [-0.05, 0) is 56.4 Å². The molecule has 152 valence electrons. The predicted molar refractivity (Wildman–Crippen MR) is 112 cm³/mol. The minimum Gasteiger partial charge on any atom is -0.508 e. The molecule has 0 saturated heterocycles. The maximum Gasteiger partial charge on any atom is 0.248 e. The number of benzene rings is 2. The first-order valence-electron chi connectivity index (χ1n) is 10.0. The molecule has 3 N–H and O–H groups in total. The Morgan fingerprint density at radius 2 is 2.03 bits per heavy atom. The number of anilines is 1. The highest BCUT2D eigenvalue weighted by atomic mass is 16.5. The standard InChI is InChI=1S/C24H23N3O3/c1-12-5-7-15-13(2)10-23(3,4)27-20(15)19(12)24(22(27)29)16-8-6-14(28)9-18(16)30-21(26)17(24)11-25/h5-9,13,28H,10,26H2,1-4H3/t13-,24+/m0/s1. The molecule has 2 aromatic rings. The maximum atomic E-state index is 14.4. The van der Waals surface area contributed by atoms with Crippen molar-refractivity contribution < 1.29 is 14.6 Å². The molecule has 0 unspecified atom stereocenters.